The molecule has 0 spiro atoms. The van der Waals surface area contributed by atoms with Gasteiger partial charge in [0.2, 0.25) is 0 Å². The Morgan fingerprint density at radius 1 is 1.29 bits per heavy atom. The number of thiazole rings is 1. The van der Waals surface area contributed by atoms with Gasteiger partial charge in [0.1, 0.15) is 16.6 Å². The molecule has 0 aliphatic heterocycles. The van der Waals surface area contributed by atoms with Crippen molar-refractivity contribution in [2.24, 2.45) is 0 Å². The molecule has 1 heterocycles. The van der Waals surface area contributed by atoms with Gasteiger partial charge < -0.3 is 10.4 Å². The summed E-state index contributed by atoms with van der Waals surface area (Å²) in [6.07, 6.45) is 0. The topological polar surface area (TPSA) is 45.1 Å². The molecule has 5 heteroatoms. The van der Waals surface area contributed by atoms with Crippen LogP contribution in [0.25, 0.3) is 10.6 Å². The lowest BCUT2D eigenvalue weighted by Gasteiger charge is -2.09. The maximum Gasteiger partial charge on any atom is 0.137 e. The van der Waals surface area contributed by atoms with E-state index in [1.54, 1.807) is 6.07 Å². The number of benzene rings is 1. The zero-order valence-corrected chi connectivity index (χ0v) is 13.6. The standard InChI is InChI=1S/C16H21FN2OS/c1-9(2)15-14(8-18-10(3)4)21-16(19-15)12-6-5-11(20)7-13(12)17/h5-7,9-10,18,20H,8H2,1-4H3. The van der Waals surface area contributed by atoms with Crippen LogP contribution in [0.3, 0.4) is 0 Å². The minimum Gasteiger partial charge on any atom is -0.508 e. The van der Waals surface area contributed by atoms with Crippen LogP contribution in [0.5, 0.6) is 5.75 Å². The highest BCUT2D eigenvalue weighted by Crippen LogP contribution is 2.34. The third kappa shape index (κ3) is 3.80. The molecule has 0 radical (unpaired) electrons. The van der Waals surface area contributed by atoms with Gasteiger partial charge in [-0.1, -0.05) is 27.7 Å². The van der Waals surface area contributed by atoms with Gasteiger partial charge in [0.05, 0.1) is 5.69 Å². The fraction of sp³-hybridized carbons (Fsp3) is 0.438. The number of phenolic OH excluding ortho intramolecular Hbond substituents is 1. The largest absolute Gasteiger partial charge is 0.508 e. The first kappa shape index (κ1) is 15.9. The second kappa shape index (κ2) is 6.54. The first-order valence-corrected chi connectivity index (χ1v) is 7.92. The first-order valence-electron chi connectivity index (χ1n) is 7.10. The van der Waals surface area contributed by atoms with Crippen LogP contribution >= 0.6 is 11.3 Å². The second-order valence-electron chi connectivity index (χ2n) is 5.68. The Hall–Kier alpha value is -1.46. The van der Waals surface area contributed by atoms with Crippen molar-refractivity contribution in [2.75, 3.05) is 0 Å². The molecule has 0 amide bonds. The van der Waals surface area contributed by atoms with Gasteiger partial charge in [-0.15, -0.1) is 11.3 Å². The number of hydrogen-bond acceptors (Lipinski definition) is 4. The minimum atomic E-state index is -0.442. The SMILES string of the molecule is CC(C)NCc1sc(-c2ccc(O)cc2F)nc1C(C)C. The van der Waals surface area contributed by atoms with E-state index < -0.39 is 5.82 Å². The molecule has 0 bridgehead atoms. The highest BCUT2D eigenvalue weighted by molar-refractivity contribution is 7.15. The Bertz CT molecular complexity index is 623. The average Bonchev–Trinajstić information content (AvgIpc) is 2.80. The van der Waals surface area contributed by atoms with Gasteiger partial charge in [-0.2, -0.15) is 0 Å². The molecule has 0 unspecified atom stereocenters. The number of hydrogen-bond donors (Lipinski definition) is 2. The predicted molar refractivity (Wildman–Crippen MR) is 85.2 cm³/mol. The molecule has 3 nitrogen and oxygen atoms in total. The summed E-state index contributed by atoms with van der Waals surface area (Å²) >= 11 is 1.51. The van der Waals surface area contributed by atoms with E-state index in [0.717, 1.165) is 23.2 Å². The predicted octanol–water partition coefficient (Wildman–Crippen LogP) is 4.28. The van der Waals surface area contributed by atoms with Crippen LogP contribution in [0.4, 0.5) is 4.39 Å². The lowest BCUT2D eigenvalue weighted by molar-refractivity contribution is 0.469. The molecule has 21 heavy (non-hydrogen) atoms. The third-order valence-corrected chi connectivity index (χ3v) is 4.23. The molecular formula is C16H21FN2OS. The van der Waals surface area contributed by atoms with Crippen molar-refractivity contribution in [1.29, 1.82) is 0 Å². The quantitative estimate of drug-likeness (QED) is 0.866. The normalized spacial score (nSPS) is 11.6. The Morgan fingerprint density at radius 3 is 2.57 bits per heavy atom. The van der Waals surface area contributed by atoms with Gasteiger partial charge in [-0.25, -0.2) is 9.37 Å². The molecule has 0 aliphatic carbocycles. The summed E-state index contributed by atoms with van der Waals surface area (Å²) < 4.78 is 14.0. The Morgan fingerprint density at radius 2 is 2.00 bits per heavy atom. The van der Waals surface area contributed by atoms with E-state index in [4.69, 9.17) is 0 Å². The van der Waals surface area contributed by atoms with Gasteiger partial charge in [0.15, 0.2) is 0 Å². The summed E-state index contributed by atoms with van der Waals surface area (Å²) in [6.45, 7) is 9.10. The molecule has 0 saturated carbocycles. The molecule has 0 aliphatic rings. The molecule has 0 fully saturated rings. The molecule has 114 valence electrons. The van der Waals surface area contributed by atoms with Gasteiger partial charge >= 0.3 is 0 Å². The number of halogens is 1. The van der Waals surface area contributed by atoms with Crippen LogP contribution in [-0.4, -0.2) is 16.1 Å². The van der Waals surface area contributed by atoms with Gasteiger partial charge in [-0.05, 0) is 18.1 Å². The number of nitrogens with zero attached hydrogens (tertiary/aromatic N) is 1. The summed E-state index contributed by atoms with van der Waals surface area (Å²) in [6, 6.07) is 4.58. The van der Waals surface area contributed by atoms with Gasteiger partial charge in [-0.3, -0.25) is 0 Å². The average molecular weight is 308 g/mol. The van der Waals surface area contributed by atoms with Crippen molar-refractivity contribution in [3.05, 3.63) is 34.6 Å². The molecule has 2 aromatic rings. The molecular weight excluding hydrogens is 287 g/mol. The van der Waals surface area contributed by atoms with Crippen LogP contribution in [0.2, 0.25) is 0 Å². The first-order chi connectivity index (χ1) is 9.88. The zero-order chi connectivity index (χ0) is 15.6. The van der Waals surface area contributed by atoms with Crippen LogP contribution < -0.4 is 5.32 Å². The smallest absolute Gasteiger partial charge is 0.137 e. The lowest BCUT2D eigenvalue weighted by Crippen LogP contribution is -2.22. The summed E-state index contributed by atoms with van der Waals surface area (Å²) in [5.74, 6) is -0.222. The van der Waals surface area contributed by atoms with E-state index >= 15 is 0 Å². The van der Waals surface area contributed by atoms with E-state index in [0.29, 0.717) is 22.5 Å². The van der Waals surface area contributed by atoms with Crippen molar-refractivity contribution < 1.29 is 9.50 Å². The van der Waals surface area contributed by atoms with Gasteiger partial charge in [0.25, 0.3) is 0 Å². The van der Waals surface area contributed by atoms with E-state index in [2.05, 4.69) is 38.0 Å². The Kier molecular flexibility index (Phi) is 4.96. The maximum absolute atomic E-state index is 14.0. The number of nitrogens with one attached hydrogen (secondary N) is 1. The number of aromatic nitrogens is 1. The molecule has 2 N–H and O–H groups in total. The number of rotatable bonds is 5. The van der Waals surface area contributed by atoms with Crippen LogP contribution in [0.15, 0.2) is 18.2 Å². The van der Waals surface area contributed by atoms with E-state index in [1.165, 1.54) is 17.4 Å². The van der Waals surface area contributed by atoms with Crippen molar-refractivity contribution in [3.8, 4) is 16.3 Å². The highest BCUT2D eigenvalue weighted by atomic mass is 32.1. The van der Waals surface area contributed by atoms with Crippen molar-refractivity contribution in [2.45, 2.75) is 46.2 Å². The fourth-order valence-corrected chi connectivity index (χ4v) is 3.23. The molecule has 0 saturated heterocycles. The Balaban J connectivity index is 2.38. The Labute approximate surface area is 128 Å². The zero-order valence-electron chi connectivity index (χ0n) is 12.8. The van der Waals surface area contributed by atoms with Gasteiger partial charge in [0, 0.05) is 29.1 Å². The van der Waals surface area contributed by atoms with Crippen molar-refractivity contribution in [3.63, 3.8) is 0 Å². The summed E-state index contributed by atoms with van der Waals surface area (Å²) in [5.41, 5.74) is 1.45. The van der Waals surface area contributed by atoms with Crippen LogP contribution in [0, 0.1) is 5.82 Å². The van der Waals surface area contributed by atoms with Crippen LogP contribution in [-0.2, 0) is 6.54 Å². The fourth-order valence-electron chi connectivity index (χ4n) is 2.03. The van der Waals surface area contributed by atoms with E-state index in [1.807, 2.05) is 0 Å². The molecule has 0 atom stereocenters. The molecule has 1 aromatic heterocycles. The summed E-state index contributed by atoms with van der Waals surface area (Å²) in [4.78, 5) is 5.75. The summed E-state index contributed by atoms with van der Waals surface area (Å²) in [5, 5.41) is 13.4. The monoisotopic (exact) mass is 308 g/mol. The molecule has 1 aromatic carbocycles. The minimum absolute atomic E-state index is 0.0708. The van der Waals surface area contributed by atoms with Crippen molar-refractivity contribution in [1.82, 2.24) is 10.3 Å². The molecule has 2 rings (SSSR count). The van der Waals surface area contributed by atoms with E-state index in [9.17, 15) is 9.50 Å². The number of aromatic hydroxyl groups is 1. The maximum atomic E-state index is 14.0. The lowest BCUT2D eigenvalue weighted by atomic mass is 10.1. The van der Waals surface area contributed by atoms with Crippen molar-refractivity contribution >= 4 is 11.3 Å². The van der Waals surface area contributed by atoms with Crippen LogP contribution in [0.1, 0.15) is 44.2 Å². The van der Waals surface area contributed by atoms with E-state index in [-0.39, 0.29) is 5.75 Å². The third-order valence-electron chi connectivity index (χ3n) is 3.13. The highest BCUT2D eigenvalue weighted by Gasteiger charge is 2.17. The number of phenols is 1. The summed E-state index contributed by atoms with van der Waals surface area (Å²) in [7, 11) is 0. The second-order valence-corrected chi connectivity index (χ2v) is 6.77.